The molecule has 3 rings (SSSR count). The third-order valence-electron chi connectivity index (χ3n) is 4.32. The second-order valence-corrected chi connectivity index (χ2v) is 7.17. The van der Waals surface area contributed by atoms with E-state index in [9.17, 15) is 5.11 Å². The van der Waals surface area contributed by atoms with Crippen molar-refractivity contribution in [2.45, 2.75) is 19.1 Å². The Kier molecular flexibility index (Phi) is 5.37. The highest BCUT2D eigenvalue weighted by Gasteiger charge is 2.31. The van der Waals surface area contributed by atoms with Gasteiger partial charge in [0, 0.05) is 37.1 Å². The molecule has 1 aliphatic rings. The highest BCUT2D eigenvalue weighted by molar-refractivity contribution is 7.99. The Morgan fingerprint density at radius 2 is 2.22 bits per heavy atom. The van der Waals surface area contributed by atoms with Crippen molar-refractivity contribution < 1.29 is 10.2 Å². The Morgan fingerprint density at radius 3 is 3.04 bits per heavy atom. The Hall–Kier alpha value is -1.35. The molecule has 1 fully saturated rings. The van der Waals surface area contributed by atoms with E-state index < -0.39 is 0 Å². The lowest BCUT2D eigenvalue weighted by Crippen LogP contribution is -2.21. The Labute approximate surface area is 139 Å². The number of thioether (sulfide) groups is 1. The average Bonchev–Trinajstić information content (AvgIpc) is 3.09. The molecule has 0 saturated carbocycles. The fourth-order valence-electron chi connectivity index (χ4n) is 3.13. The molecule has 8 heteroatoms. The van der Waals surface area contributed by atoms with E-state index in [1.807, 2.05) is 6.20 Å². The minimum atomic E-state index is -0.283. The van der Waals surface area contributed by atoms with Crippen molar-refractivity contribution >= 4 is 28.6 Å². The smallest absolute Gasteiger partial charge is 0.151 e. The van der Waals surface area contributed by atoms with Crippen molar-refractivity contribution in [2.75, 3.05) is 36.9 Å². The number of nitrogen functional groups attached to an aromatic ring is 1. The monoisotopic (exact) mass is 337 g/mol. The van der Waals surface area contributed by atoms with Crippen LogP contribution in [0.4, 0.5) is 5.82 Å². The molecule has 2 aromatic heterocycles. The van der Waals surface area contributed by atoms with Gasteiger partial charge < -0.3 is 20.9 Å². The zero-order valence-corrected chi connectivity index (χ0v) is 13.8. The van der Waals surface area contributed by atoms with Gasteiger partial charge in [0.1, 0.15) is 11.8 Å². The van der Waals surface area contributed by atoms with E-state index in [4.69, 9.17) is 10.8 Å². The number of likely N-dealkylation sites (tertiary alicyclic amines) is 1. The molecular formula is C15H23N5O2S. The number of nitrogens with zero attached hydrogens (tertiary/aromatic N) is 3. The van der Waals surface area contributed by atoms with Crippen LogP contribution in [0.5, 0.6) is 0 Å². The van der Waals surface area contributed by atoms with Crippen LogP contribution in [0.3, 0.4) is 0 Å². The molecular weight excluding hydrogens is 314 g/mol. The molecule has 5 N–H and O–H groups in total. The molecule has 1 aliphatic heterocycles. The van der Waals surface area contributed by atoms with Crippen LogP contribution in [-0.4, -0.2) is 67.4 Å². The number of hydrogen-bond acceptors (Lipinski definition) is 7. The van der Waals surface area contributed by atoms with Gasteiger partial charge in [-0.25, -0.2) is 9.97 Å². The van der Waals surface area contributed by atoms with Crippen molar-refractivity contribution in [3.63, 3.8) is 0 Å². The van der Waals surface area contributed by atoms with Gasteiger partial charge in [-0.1, -0.05) is 0 Å². The maximum absolute atomic E-state index is 10.2. The number of nitrogens with two attached hydrogens (primary N) is 1. The lowest BCUT2D eigenvalue weighted by molar-refractivity contribution is 0.140. The molecule has 0 spiro atoms. The van der Waals surface area contributed by atoms with Crippen LogP contribution in [0.2, 0.25) is 0 Å². The topological polar surface area (TPSA) is 111 Å². The molecule has 23 heavy (non-hydrogen) atoms. The minimum Gasteiger partial charge on any atom is -0.396 e. The molecule has 3 heterocycles. The van der Waals surface area contributed by atoms with Gasteiger partial charge in [0.05, 0.1) is 18.2 Å². The first-order valence-corrected chi connectivity index (χ1v) is 9.00. The summed E-state index contributed by atoms with van der Waals surface area (Å²) in [4.78, 5) is 13.7. The van der Waals surface area contributed by atoms with Crippen molar-refractivity contribution in [1.29, 1.82) is 0 Å². The Balaban J connectivity index is 1.59. The Bertz CT molecular complexity index is 650. The summed E-state index contributed by atoms with van der Waals surface area (Å²) in [5.41, 5.74) is 8.56. The summed E-state index contributed by atoms with van der Waals surface area (Å²) in [5.74, 6) is 2.50. The summed E-state index contributed by atoms with van der Waals surface area (Å²) < 4.78 is 0. The maximum atomic E-state index is 10.2. The van der Waals surface area contributed by atoms with Gasteiger partial charge in [0.25, 0.3) is 0 Å². The quantitative estimate of drug-likeness (QED) is 0.543. The van der Waals surface area contributed by atoms with E-state index in [-0.39, 0.29) is 12.7 Å². The minimum absolute atomic E-state index is 0.218. The number of fused-ring (bicyclic) bond motifs is 1. The zero-order valence-electron chi connectivity index (χ0n) is 13.0. The van der Waals surface area contributed by atoms with Crippen LogP contribution in [0.15, 0.2) is 12.5 Å². The van der Waals surface area contributed by atoms with Crippen LogP contribution < -0.4 is 5.73 Å². The number of nitrogens with one attached hydrogen (secondary N) is 1. The standard InChI is InChI=1S/C15H23N5O2S/c16-15-14-13(18-9-19-15)11(5-17-14)7-20-6-10(12(22)8-20)1-3-23-4-2-21/h5,9-10,12,17,21-22H,1-4,6-8H2,(H2,16,18,19). The average molecular weight is 337 g/mol. The van der Waals surface area contributed by atoms with E-state index in [0.29, 0.717) is 18.3 Å². The summed E-state index contributed by atoms with van der Waals surface area (Å²) >= 11 is 1.74. The van der Waals surface area contributed by atoms with Crippen molar-refractivity contribution in [1.82, 2.24) is 19.9 Å². The molecule has 0 aromatic carbocycles. The molecule has 1 saturated heterocycles. The number of rotatable bonds is 7. The summed E-state index contributed by atoms with van der Waals surface area (Å²) in [6, 6.07) is 0. The first-order chi connectivity index (χ1) is 11.2. The van der Waals surface area contributed by atoms with Gasteiger partial charge in [-0.05, 0) is 18.1 Å². The van der Waals surface area contributed by atoms with Gasteiger partial charge in [-0.2, -0.15) is 11.8 Å². The number of aromatic amines is 1. The predicted octanol–water partition coefficient (Wildman–Crippen LogP) is 0.448. The second-order valence-electron chi connectivity index (χ2n) is 5.94. The van der Waals surface area contributed by atoms with Gasteiger partial charge >= 0.3 is 0 Å². The number of H-pyrrole nitrogens is 1. The summed E-state index contributed by atoms with van der Waals surface area (Å²) in [5, 5.41) is 19.0. The van der Waals surface area contributed by atoms with Crippen molar-refractivity contribution in [2.24, 2.45) is 5.92 Å². The van der Waals surface area contributed by atoms with Gasteiger partial charge in [0.15, 0.2) is 5.82 Å². The second kappa shape index (κ2) is 7.48. The lowest BCUT2D eigenvalue weighted by atomic mass is 10.0. The van der Waals surface area contributed by atoms with Crippen LogP contribution in [0.1, 0.15) is 12.0 Å². The number of aliphatic hydroxyl groups excluding tert-OH is 2. The first-order valence-electron chi connectivity index (χ1n) is 7.84. The number of β-amino-alcohol motifs (C(OH)–C–C–N with tert-alkyl or cyclic N) is 1. The highest BCUT2D eigenvalue weighted by atomic mass is 32.2. The summed E-state index contributed by atoms with van der Waals surface area (Å²) in [6.07, 6.45) is 4.10. The fraction of sp³-hybridized carbons (Fsp3) is 0.600. The summed E-state index contributed by atoms with van der Waals surface area (Å²) in [6.45, 7) is 2.53. The molecule has 2 unspecified atom stereocenters. The molecule has 0 radical (unpaired) electrons. The van der Waals surface area contributed by atoms with E-state index >= 15 is 0 Å². The van der Waals surface area contributed by atoms with Crippen LogP contribution in [-0.2, 0) is 6.54 Å². The van der Waals surface area contributed by atoms with Crippen molar-refractivity contribution in [3.8, 4) is 0 Å². The largest absolute Gasteiger partial charge is 0.396 e. The van der Waals surface area contributed by atoms with Gasteiger partial charge in [-0.3, -0.25) is 4.90 Å². The predicted molar refractivity (Wildman–Crippen MR) is 92.1 cm³/mol. The van der Waals surface area contributed by atoms with Gasteiger partial charge in [-0.15, -0.1) is 0 Å². The molecule has 0 bridgehead atoms. The number of hydrogen-bond donors (Lipinski definition) is 4. The van der Waals surface area contributed by atoms with E-state index in [1.54, 1.807) is 11.8 Å². The maximum Gasteiger partial charge on any atom is 0.151 e. The van der Waals surface area contributed by atoms with Crippen molar-refractivity contribution in [3.05, 3.63) is 18.1 Å². The highest BCUT2D eigenvalue weighted by Crippen LogP contribution is 2.26. The van der Waals surface area contributed by atoms with Crippen LogP contribution in [0, 0.1) is 5.92 Å². The molecule has 126 valence electrons. The van der Waals surface area contributed by atoms with E-state index in [2.05, 4.69) is 19.9 Å². The number of anilines is 1. The first kappa shape index (κ1) is 16.5. The van der Waals surface area contributed by atoms with Crippen LogP contribution >= 0.6 is 11.8 Å². The number of aliphatic hydroxyl groups is 2. The fourth-order valence-corrected chi connectivity index (χ4v) is 3.93. The number of aromatic nitrogens is 3. The van der Waals surface area contributed by atoms with Crippen LogP contribution in [0.25, 0.3) is 11.0 Å². The molecule has 7 nitrogen and oxygen atoms in total. The molecule has 2 aromatic rings. The normalized spacial score (nSPS) is 22.2. The van der Waals surface area contributed by atoms with E-state index in [1.165, 1.54) is 6.33 Å². The summed E-state index contributed by atoms with van der Waals surface area (Å²) in [7, 11) is 0. The third-order valence-corrected chi connectivity index (χ3v) is 5.31. The van der Waals surface area contributed by atoms with E-state index in [0.717, 1.165) is 47.6 Å². The third kappa shape index (κ3) is 3.77. The molecule has 0 aliphatic carbocycles. The molecule has 2 atom stereocenters. The Morgan fingerprint density at radius 1 is 1.35 bits per heavy atom. The SMILES string of the molecule is Nc1ncnc2c(CN3CC(O)C(CCSCCO)C3)c[nH]c12. The molecule has 0 amide bonds. The zero-order chi connectivity index (χ0) is 16.2. The van der Waals surface area contributed by atoms with Gasteiger partial charge in [0.2, 0.25) is 0 Å². The lowest BCUT2D eigenvalue weighted by Gasteiger charge is -2.14.